The molecule has 0 fully saturated rings. The summed E-state index contributed by atoms with van der Waals surface area (Å²) in [7, 11) is 0. The van der Waals surface area contributed by atoms with Crippen LogP contribution in [-0.4, -0.2) is 41.4 Å². The SMILES string of the molecule is CCCCCN(CC(=O)c1ccccc1)CC(C)C(=O)O. The van der Waals surface area contributed by atoms with E-state index in [-0.39, 0.29) is 12.3 Å². The first-order valence-corrected chi connectivity index (χ1v) is 7.58. The van der Waals surface area contributed by atoms with E-state index >= 15 is 0 Å². The van der Waals surface area contributed by atoms with E-state index in [4.69, 9.17) is 5.11 Å². The van der Waals surface area contributed by atoms with Crippen molar-refractivity contribution in [2.45, 2.75) is 33.1 Å². The minimum Gasteiger partial charge on any atom is -0.481 e. The zero-order valence-electron chi connectivity index (χ0n) is 12.9. The van der Waals surface area contributed by atoms with Gasteiger partial charge in [-0.2, -0.15) is 0 Å². The predicted molar refractivity (Wildman–Crippen MR) is 83.5 cm³/mol. The van der Waals surface area contributed by atoms with Gasteiger partial charge in [0.2, 0.25) is 0 Å². The summed E-state index contributed by atoms with van der Waals surface area (Å²) >= 11 is 0. The van der Waals surface area contributed by atoms with Crippen LogP contribution in [0.1, 0.15) is 43.5 Å². The molecule has 21 heavy (non-hydrogen) atoms. The van der Waals surface area contributed by atoms with Crippen LogP contribution in [0.4, 0.5) is 0 Å². The maximum Gasteiger partial charge on any atom is 0.307 e. The highest BCUT2D eigenvalue weighted by atomic mass is 16.4. The average Bonchev–Trinajstić information content (AvgIpc) is 2.48. The van der Waals surface area contributed by atoms with Gasteiger partial charge in [0, 0.05) is 12.1 Å². The van der Waals surface area contributed by atoms with Gasteiger partial charge in [-0.1, -0.05) is 57.0 Å². The molecule has 0 aliphatic heterocycles. The first-order chi connectivity index (χ1) is 10.0. The molecule has 0 heterocycles. The second-order valence-corrected chi connectivity index (χ2v) is 5.47. The molecule has 0 aliphatic carbocycles. The van der Waals surface area contributed by atoms with Crippen LogP contribution in [0.2, 0.25) is 0 Å². The molecule has 0 saturated heterocycles. The second-order valence-electron chi connectivity index (χ2n) is 5.47. The lowest BCUT2D eigenvalue weighted by atomic mass is 10.1. The number of carboxylic acid groups (broad SMARTS) is 1. The van der Waals surface area contributed by atoms with Gasteiger partial charge < -0.3 is 5.11 Å². The summed E-state index contributed by atoms with van der Waals surface area (Å²) in [4.78, 5) is 25.2. The second kappa shape index (κ2) is 9.29. The van der Waals surface area contributed by atoms with Crippen molar-refractivity contribution in [1.82, 2.24) is 4.90 Å². The van der Waals surface area contributed by atoms with E-state index in [0.29, 0.717) is 12.1 Å². The van der Waals surface area contributed by atoms with Gasteiger partial charge in [-0.15, -0.1) is 0 Å². The third kappa shape index (κ3) is 6.54. The number of carbonyl (C=O) groups excluding carboxylic acids is 1. The molecular weight excluding hydrogens is 266 g/mol. The maximum absolute atomic E-state index is 12.3. The number of aliphatic carboxylic acids is 1. The summed E-state index contributed by atoms with van der Waals surface area (Å²) in [6.45, 7) is 5.27. The molecule has 1 rings (SSSR count). The lowest BCUT2D eigenvalue weighted by molar-refractivity contribution is -0.141. The van der Waals surface area contributed by atoms with Crippen LogP contribution in [0, 0.1) is 5.92 Å². The van der Waals surface area contributed by atoms with E-state index < -0.39 is 11.9 Å². The highest BCUT2D eigenvalue weighted by molar-refractivity contribution is 5.97. The van der Waals surface area contributed by atoms with Crippen LogP contribution in [0.25, 0.3) is 0 Å². The van der Waals surface area contributed by atoms with Gasteiger partial charge in [0.25, 0.3) is 0 Å². The highest BCUT2D eigenvalue weighted by Crippen LogP contribution is 2.07. The molecule has 0 radical (unpaired) electrons. The predicted octanol–water partition coefficient (Wildman–Crippen LogP) is 3.08. The summed E-state index contributed by atoms with van der Waals surface area (Å²) in [6.07, 6.45) is 3.19. The minimum atomic E-state index is -0.817. The van der Waals surface area contributed by atoms with Crippen molar-refractivity contribution < 1.29 is 14.7 Å². The molecule has 1 N–H and O–H groups in total. The van der Waals surface area contributed by atoms with E-state index in [1.54, 1.807) is 19.1 Å². The van der Waals surface area contributed by atoms with Crippen LogP contribution < -0.4 is 0 Å². The third-order valence-corrected chi connectivity index (χ3v) is 3.49. The van der Waals surface area contributed by atoms with Crippen molar-refractivity contribution in [2.24, 2.45) is 5.92 Å². The van der Waals surface area contributed by atoms with Gasteiger partial charge in [0.1, 0.15) is 0 Å². The van der Waals surface area contributed by atoms with E-state index in [2.05, 4.69) is 6.92 Å². The molecule has 4 nitrogen and oxygen atoms in total. The highest BCUT2D eigenvalue weighted by Gasteiger charge is 2.18. The monoisotopic (exact) mass is 291 g/mol. The Hall–Kier alpha value is -1.68. The van der Waals surface area contributed by atoms with Crippen molar-refractivity contribution in [3.05, 3.63) is 35.9 Å². The van der Waals surface area contributed by atoms with Crippen LogP contribution >= 0.6 is 0 Å². The Morgan fingerprint density at radius 1 is 1.19 bits per heavy atom. The lowest BCUT2D eigenvalue weighted by Gasteiger charge is -2.23. The molecule has 1 unspecified atom stereocenters. The Labute approximate surface area is 126 Å². The molecular formula is C17H25NO3. The van der Waals surface area contributed by atoms with Crippen LogP contribution in [0.3, 0.4) is 0 Å². The number of hydrogen-bond acceptors (Lipinski definition) is 3. The van der Waals surface area contributed by atoms with Gasteiger partial charge >= 0.3 is 5.97 Å². The molecule has 0 bridgehead atoms. The van der Waals surface area contributed by atoms with Crippen molar-refractivity contribution in [3.8, 4) is 0 Å². The average molecular weight is 291 g/mol. The number of ketones is 1. The molecule has 0 amide bonds. The van der Waals surface area contributed by atoms with E-state index in [1.807, 2.05) is 23.1 Å². The Kier molecular flexibility index (Phi) is 7.69. The van der Waals surface area contributed by atoms with E-state index in [0.717, 1.165) is 25.8 Å². The maximum atomic E-state index is 12.3. The Morgan fingerprint density at radius 3 is 2.43 bits per heavy atom. The van der Waals surface area contributed by atoms with Crippen LogP contribution in [0.15, 0.2) is 30.3 Å². The number of nitrogens with zero attached hydrogens (tertiary/aromatic N) is 1. The largest absolute Gasteiger partial charge is 0.481 e. The Balaban J connectivity index is 2.62. The van der Waals surface area contributed by atoms with Crippen LogP contribution in [0.5, 0.6) is 0 Å². The van der Waals surface area contributed by atoms with Gasteiger partial charge in [0.05, 0.1) is 12.5 Å². The molecule has 0 saturated carbocycles. The first-order valence-electron chi connectivity index (χ1n) is 7.58. The smallest absolute Gasteiger partial charge is 0.307 e. The van der Waals surface area contributed by atoms with Crippen LogP contribution in [-0.2, 0) is 4.79 Å². The number of hydrogen-bond donors (Lipinski definition) is 1. The number of carbonyl (C=O) groups is 2. The van der Waals surface area contributed by atoms with Gasteiger partial charge in [0.15, 0.2) is 5.78 Å². The third-order valence-electron chi connectivity index (χ3n) is 3.49. The number of unbranched alkanes of at least 4 members (excludes halogenated alkanes) is 2. The topological polar surface area (TPSA) is 57.6 Å². The molecule has 0 spiro atoms. The fraction of sp³-hybridized carbons (Fsp3) is 0.529. The molecule has 0 aliphatic rings. The standard InChI is InChI=1S/C17H25NO3/c1-3-4-8-11-18(12-14(2)17(20)21)13-16(19)15-9-6-5-7-10-15/h5-7,9-10,14H,3-4,8,11-13H2,1-2H3,(H,20,21). The molecule has 1 atom stereocenters. The Bertz CT molecular complexity index is 445. The van der Waals surface area contributed by atoms with Crippen molar-refractivity contribution in [1.29, 1.82) is 0 Å². The molecule has 1 aromatic rings. The first kappa shape index (κ1) is 17.4. The summed E-state index contributed by atoms with van der Waals surface area (Å²) in [5.74, 6) is -1.23. The fourth-order valence-corrected chi connectivity index (χ4v) is 2.20. The van der Waals surface area contributed by atoms with Gasteiger partial charge in [-0.3, -0.25) is 14.5 Å². The number of carboxylic acids is 1. The number of Topliss-reactive ketones (excluding diaryl/α,β-unsaturated/α-hetero) is 1. The van der Waals surface area contributed by atoms with E-state index in [9.17, 15) is 9.59 Å². The molecule has 4 heteroatoms. The number of rotatable bonds is 10. The van der Waals surface area contributed by atoms with Crippen molar-refractivity contribution in [2.75, 3.05) is 19.6 Å². The minimum absolute atomic E-state index is 0.0460. The zero-order chi connectivity index (χ0) is 15.7. The normalized spacial score (nSPS) is 12.3. The molecule has 116 valence electrons. The summed E-state index contributed by atoms with van der Waals surface area (Å²) < 4.78 is 0. The zero-order valence-corrected chi connectivity index (χ0v) is 12.9. The fourth-order valence-electron chi connectivity index (χ4n) is 2.20. The molecule has 1 aromatic carbocycles. The molecule has 0 aromatic heterocycles. The van der Waals surface area contributed by atoms with E-state index in [1.165, 1.54) is 0 Å². The van der Waals surface area contributed by atoms with Gasteiger partial charge in [-0.25, -0.2) is 0 Å². The quantitative estimate of drug-likeness (QED) is 0.531. The van der Waals surface area contributed by atoms with Gasteiger partial charge in [-0.05, 0) is 13.0 Å². The lowest BCUT2D eigenvalue weighted by Crippen LogP contribution is -2.36. The summed E-state index contributed by atoms with van der Waals surface area (Å²) in [5.41, 5.74) is 0.681. The summed E-state index contributed by atoms with van der Waals surface area (Å²) in [5, 5.41) is 9.04. The van der Waals surface area contributed by atoms with Crippen molar-refractivity contribution in [3.63, 3.8) is 0 Å². The Morgan fingerprint density at radius 2 is 1.86 bits per heavy atom. The number of benzene rings is 1. The van der Waals surface area contributed by atoms with Crippen molar-refractivity contribution >= 4 is 11.8 Å². The summed E-state index contributed by atoms with van der Waals surface area (Å²) in [6, 6.07) is 9.16.